The number of rotatable bonds is 3. The van der Waals surface area contributed by atoms with Crippen LogP contribution in [0.4, 0.5) is 5.69 Å². The Balaban J connectivity index is 1.64. The fourth-order valence-electron chi connectivity index (χ4n) is 2.63. The number of fused-ring (bicyclic) bond motifs is 1. The van der Waals surface area contributed by atoms with Gasteiger partial charge < -0.3 is 9.64 Å². The second-order valence-corrected chi connectivity index (χ2v) is 6.18. The molecule has 3 aromatic heterocycles. The van der Waals surface area contributed by atoms with Crippen LogP contribution < -0.4 is 4.90 Å². The van der Waals surface area contributed by atoms with Gasteiger partial charge in [0.2, 0.25) is 0 Å². The first-order valence-electron chi connectivity index (χ1n) is 7.34. The van der Waals surface area contributed by atoms with Gasteiger partial charge in [0.1, 0.15) is 11.5 Å². The van der Waals surface area contributed by atoms with Gasteiger partial charge in [0.15, 0.2) is 0 Å². The molecule has 1 aliphatic heterocycles. The zero-order valence-electron chi connectivity index (χ0n) is 12.9. The number of esters is 1. The van der Waals surface area contributed by atoms with Crippen molar-refractivity contribution in [3.63, 3.8) is 0 Å². The second-order valence-electron chi connectivity index (χ2n) is 5.27. The summed E-state index contributed by atoms with van der Waals surface area (Å²) in [6.07, 6.45) is 9.44. The number of thiophene rings is 1. The van der Waals surface area contributed by atoms with Crippen LogP contribution in [-0.4, -0.2) is 27.8 Å². The summed E-state index contributed by atoms with van der Waals surface area (Å²) in [5.74, 6) is -0.314. The molecule has 0 saturated carbocycles. The Morgan fingerprint density at radius 1 is 1.38 bits per heavy atom. The predicted octanol–water partition coefficient (Wildman–Crippen LogP) is 3.24. The van der Waals surface area contributed by atoms with Crippen molar-refractivity contribution in [2.45, 2.75) is 6.67 Å². The van der Waals surface area contributed by atoms with E-state index in [2.05, 4.69) is 15.0 Å². The van der Waals surface area contributed by atoms with E-state index in [9.17, 15) is 4.79 Å². The van der Waals surface area contributed by atoms with E-state index >= 15 is 0 Å². The van der Waals surface area contributed by atoms with E-state index in [4.69, 9.17) is 4.74 Å². The number of anilines is 1. The first kappa shape index (κ1) is 14.6. The molecule has 0 amide bonds. The molecule has 0 aliphatic carbocycles. The number of carbonyl (C=O) groups excluding carboxylic acids is 1. The molecule has 0 radical (unpaired) electrons. The Morgan fingerprint density at radius 2 is 2.29 bits per heavy atom. The van der Waals surface area contributed by atoms with Crippen LogP contribution in [0.25, 0.3) is 17.2 Å². The zero-order chi connectivity index (χ0) is 16.5. The topological polar surface area (TPSA) is 60.2 Å². The second kappa shape index (κ2) is 5.93. The Morgan fingerprint density at radius 3 is 3.08 bits per heavy atom. The number of hydrogen-bond donors (Lipinski definition) is 0. The van der Waals surface area contributed by atoms with E-state index < -0.39 is 0 Å². The molecule has 6 nitrogen and oxygen atoms in total. The lowest BCUT2D eigenvalue weighted by Gasteiger charge is -2.24. The van der Waals surface area contributed by atoms with Crippen LogP contribution in [0.5, 0.6) is 0 Å². The van der Waals surface area contributed by atoms with Crippen molar-refractivity contribution in [2.24, 2.45) is 0 Å². The van der Waals surface area contributed by atoms with Crippen LogP contribution in [0.2, 0.25) is 0 Å². The highest BCUT2D eigenvalue weighted by atomic mass is 32.1. The number of nitrogens with zero attached hydrogens (tertiary/aromatic N) is 4. The van der Waals surface area contributed by atoms with Gasteiger partial charge in [-0.1, -0.05) is 0 Å². The number of ether oxygens (including phenoxy) is 1. The van der Waals surface area contributed by atoms with Gasteiger partial charge in [-0.2, -0.15) is 5.10 Å². The molecule has 7 heteroatoms. The third kappa shape index (κ3) is 2.48. The molecule has 4 heterocycles. The molecular formula is C17H14N4O2S. The number of methoxy groups -OCH3 is 1. The van der Waals surface area contributed by atoms with Gasteiger partial charge in [0, 0.05) is 18.0 Å². The molecule has 0 spiro atoms. The molecule has 0 atom stereocenters. The molecule has 0 fully saturated rings. The maximum Gasteiger partial charge on any atom is 0.348 e. The molecule has 4 rings (SSSR count). The van der Waals surface area contributed by atoms with Gasteiger partial charge in [0.05, 0.1) is 30.9 Å². The van der Waals surface area contributed by atoms with Gasteiger partial charge in [-0.15, -0.1) is 11.3 Å². The van der Waals surface area contributed by atoms with Crippen LogP contribution in [-0.2, 0) is 11.4 Å². The van der Waals surface area contributed by atoms with Crippen LogP contribution in [0.3, 0.4) is 0 Å². The van der Waals surface area contributed by atoms with Crippen molar-refractivity contribution < 1.29 is 9.53 Å². The molecule has 0 N–H and O–H groups in total. The summed E-state index contributed by atoms with van der Waals surface area (Å²) in [6.45, 7) is 0.617. The summed E-state index contributed by atoms with van der Waals surface area (Å²) in [7, 11) is 1.39. The summed E-state index contributed by atoms with van der Waals surface area (Å²) in [6, 6.07) is 5.76. The van der Waals surface area contributed by atoms with Crippen molar-refractivity contribution in [3.8, 4) is 11.1 Å². The number of hydrogen-bond acceptors (Lipinski definition) is 6. The van der Waals surface area contributed by atoms with Crippen molar-refractivity contribution in [1.82, 2.24) is 14.8 Å². The average Bonchev–Trinajstić information content (AvgIpc) is 3.28. The van der Waals surface area contributed by atoms with Crippen molar-refractivity contribution in [3.05, 3.63) is 58.9 Å². The smallest absolute Gasteiger partial charge is 0.348 e. The largest absolute Gasteiger partial charge is 0.465 e. The fourth-order valence-corrected chi connectivity index (χ4v) is 3.46. The maximum atomic E-state index is 11.6. The first-order chi connectivity index (χ1) is 11.8. The molecule has 24 heavy (non-hydrogen) atoms. The van der Waals surface area contributed by atoms with Crippen molar-refractivity contribution in [1.29, 1.82) is 0 Å². The molecule has 0 unspecified atom stereocenters. The summed E-state index contributed by atoms with van der Waals surface area (Å²) in [5.41, 5.74) is 4.01. The highest BCUT2D eigenvalue weighted by Crippen LogP contribution is 2.31. The minimum absolute atomic E-state index is 0.314. The number of aromatic nitrogens is 3. The van der Waals surface area contributed by atoms with Gasteiger partial charge in [-0.3, -0.25) is 4.98 Å². The van der Waals surface area contributed by atoms with E-state index in [1.807, 2.05) is 52.9 Å². The minimum atomic E-state index is -0.314. The van der Waals surface area contributed by atoms with Crippen LogP contribution in [0.15, 0.2) is 48.4 Å². The van der Waals surface area contributed by atoms with Gasteiger partial charge in [-0.25, -0.2) is 9.48 Å². The van der Waals surface area contributed by atoms with Gasteiger partial charge in [0.25, 0.3) is 0 Å². The Labute approximate surface area is 142 Å². The minimum Gasteiger partial charge on any atom is -0.465 e. The van der Waals surface area contributed by atoms with E-state index in [0.29, 0.717) is 11.5 Å². The van der Waals surface area contributed by atoms with E-state index in [0.717, 1.165) is 22.5 Å². The monoisotopic (exact) mass is 338 g/mol. The quantitative estimate of drug-likeness (QED) is 0.686. The number of carbonyl (C=O) groups is 1. The SMILES string of the molecule is COC(=O)c1cc(-c2cnn3c2C=CN(c2cccnc2)C3)cs1. The zero-order valence-corrected chi connectivity index (χ0v) is 13.7. The highest BCUT2D eigenvalue weighted by Gasteiger charge is 2.19. The lowest BCUT2D eigenvalue weighted by molar-refractivity contribution is 0.0606. The van der Waals surface area contributed by atoms with Crippen LogP contribution >= 0.6 is 11.3 Å². The molecule has 0 aromatic carbocycles. The Hall–Kier alpha value is -2.93. The Bertz CT molecular complexity index is 914. The lowest BCUT2D eigenvalue weighted by Crippen LogP contribution is -2.25. The lowest BCUT2D eigenvalue weighted by atomic mass is 10.1. The fraction of sp³-hybridized carbons (Fsp3) is 0.118. The van der Waals surface area contributed by atoms with Crippen molar-refractivity contribution >= 4 is 29.1 Å². The van der Waals surface area contributed by atoms with Gasteiger partial charge >= 0.3 is 5.97 Å². The molecule has 1 aliphatic rings. The third-order valence-electron chi connectivity index (χ3n) is 3.85. The maximum absolute atomic E-state index is 11.6. The standard InChI is InChI=1S/C17H14N4O2S/c1-23-17(22)16-7-12(10-24-16)14-9-19-21-11-20(6-4-15(14)21)13-3-2-5-18-8-13/h2-10H,11H2,1H3. The normalized spacial score (nSPS) is 13.0. The van der Waals surface area contributed by atoms with Gasteiger partial charge in [-0.05, 0) is 35.2 Å². The summed E-state index contributed by atoms with van der Waals surface area (Å²) >= 11 is 1.37. The van der Waals surface area contributed by atoms with Crippen LogP contribution in [0.1, 0.15) is 15.4 Å². The number of pyridine rings is 1. The molecular weight excluding hydrogens is 324 g/mol. The summed E-state index contributed by atoms with van der Waals surface area (Å²) < 4.78 is 6.70. The van der Waals surface area contributed by atoms with Crippen molar-refractivity contribution in [2.75, 3.05) is 12.0 Å². The third-order valence-corrected chi connectivity index (χ3v) is 4.76. The first-order valence-corrected chi connectivity index (χ1v) is 8.22. The molecule has 3 aromatic rings. The molecule has 120 valence electrons. The average molecular weight is 338 g/mol. The van der Waals surface area contributed by atoms with Crippen LogP contribution in [0, 0.1) is 0 Å². The predicted molar refractivity (Wildman–Crippen MR) is 92.6 cm³/mol. The highest BCUT2D eigenvalue weighted by molar-refractivity contribution is 7.12. The molecule has 0 saturated heterocycles. The van der Waals surface area contributed by atoms with E-state index in [1.165, 1.54) is 18.4 Å². The Kier molecular flexibility index (Phi) is 3.62. The summed E-state index contributed by atoms with van der Waals surface area (Å²) in [4.78, 5) is 18.4. The molecule has 0 bridgehead atoms. The summed E-state index contributed by atoms with van der Waals surface area (Å²) in [5, 5.41) is 6.42. The van der Waals surface area contributed by atoms with E-state index in [1.54, 1.807) is 6.20 Å². The van der Waals surface area contributed by atoms with E-state index in [-0.39, 0.29) is 5.97 Å².